The third-order valence-electron chi connectivity index (χ3n) is 11.1. The second-order valence-corrected chi connectivity index (χ2v) is 16.0. The number of nitrogens with two attached hydrogens (primary N) is 2. The lowest BCUT2D eigenvalue weighted by Crippen LogP contribution is -2.44. The molecule has 6 heterocycles. The molecule has 0 bridgehead atoms. The van der Waals surface area contributed by atoms with E-state index in [1.165, 1.54) is 31.0 Å². The Morgan fingerprint density at radius 1 is 0.662 bits per heavy atom. The van der Waals surface area contributed by atoms with Crippen molar-refractivity contribution >= 4 is 23.5 Å². The van der Waals surface area contributed by atoms with Crippen molar-refractivity contribution in [3.05, 3.63) is 131 Å². The third kappa shape index (κ3) is 13.1. The molecule has 4 aromatic heterocycles. The van der Waals surface area contributed by atoms with Crippen molar-refractivity contribution in [2.75, 3.05) is 38.8 Å². The van der Waals surface area contributed by atoms with Gasteiger partial charge in [0.1, 0.15) is 34.6 Å². The number of carboxylic acids is 1. The molecule has 2 aliphatic heterocycles. The number of benzene rings is 2. The zero-order chi connectivity index (χ0) is 46.5. The van der Waals surface area contributed by atoms with Gasteiger partial charge in [0.05, 0.1) is 43.6 Å². The fourth-order valence-electron chi connectivity index (χ4n) is 7.80. The SMILES string of the molecule is COc1ccc(Oc2ccc(C(=O)N3CC[C@H](c4nnc(N)cc4C)C[C@@H]3C)cc2)cn1.COc1ccc(Oc2ccc(C(=O)O)cc2)cn1.Cc1cc(N)nnc1[C@H]1CCN[C@@H](C)C1. The summed E-state index contributed by atoms with van der Waals surface area (Å²) in [6, 6.07) is 24.7. The van der Waals surface area contributed by atoms with E-state index in [0.717, 1.165) is 49.2 Å². The molecule has 4 atom stereocenters. The molecule has 6 aromatic rings. The number of ether oxygens (including phenoxy) is 4. The number of piperidine rings is 2. The predicted octanol–water partition coefficient (Wildman–Crippen LogP) is 7.77. The maximum absolute atomic E-state index is 13.1. The summed E-state index contributed by atoms with van der Waals surface area (Å²) < 4.78 is 21.3. The first-order chi connectivity index (χ1) is 31.3. The smallest absolute Gasteiger partial charge is 0.335 e. The molecule has 0 aliphatic carbocycles. The maximum atomic E-state index is 13.1. The second kappa shape index (κ2) is 22.3. The first kappa shape index (κ1) is 47.1. The molecule has 2 saturated heterocycles. The van der Waals surface area contributed by atoms with Crippen molar-refractivity contribution in [2.24, 2.45) is 0 Å². The van der Waals surface area contributed by atoms with Crippen LogP contribution in [0, 0.1) is 13.8 Å². The van der Waals surface area contributed by atoms with Crippen molar-refractivity contribution in [2.45, 2.75) is 77.3 Å². The molecule has 65 heavy (non-hydrogen) atoms. The van der Waals surface area contributed by atoms with E-state index in [4.69, 9.17) is 35.5 Å². The summed E-state index contributed by atoms with van der Waals surface area (Å²) in [4.78, 5) is 33.8. The number of pyridine rings is 2. The summed E-state index contributed by atoms with van der Waals surface area (Å²) in [5.41, 5.74) is 16.5. The van der Waals surface area contributed by atoms with E-state index in [0.29, 0.717) is 70.5 Å². The average Bonchev–Trinajstić information content (AvgIpc) is 3.30. The minimum atomic E-state index is -0.965. The van der Waals surface area contributed by atoms with Crippen molar-refractivity contribution < 1.29 is 33.6 Å². The van der Waals surface area contributed by atoms with E-state index >= 15 is 0 Å². The van der Waals surface area contributed by atoms with Crippen LogP contribution in [0.1, 0.15) is 94.6 Å². The molecular weight excluding hydrogens is 829 g/mol. The molecule has 0 unspecified atom stereocenters. The first-order valence-corrected chi connectivity index (χ1v) is 21.3. The summed E-state index contributed by atoms with van der Waals surface area (Å²) in [5.74, 6) is 4.18. The van der Waals surface area contributed by atoms with Gasteiger partial charge in [0.25, 0.3) is 5.91 Å². The van der Waals surface area contributed by atoms with Crippen LogP contribution in [0.15, 0.2) is 97.3 Å². The molecular formula is C48H56N10O7. The highest BCUT2D eigenvalue weighted by atomic mass is 16.5. The number of carbonyl (C=O) groups is 2. The van der Waals surface area contributed by atoms with Crippen molar-refractivity contribution in [1.82, 2.24) is 40.6 Å². The van der Waals surface area contributed by atoms with Gasteiger partial charge in [-0.2, -0.15) is 10.2 Å². The number of methoxy groups -OCH3 is 2. The van der Waals surface area contributed by atoms with Crippen molar-refractivity contribution in [3.63, 3.8) is 0 Å². The van der Waals surface area contributed by atoms with Gasteiger partial charge in [0.2, 0.25) is 11.8 Å². The van der Waals surface area contributed by atoms with Crippen LogP contribution in [0.5, 0.6) is 34.8 Å². The third-order valence-corrected chi connectivity index (χ3v) is 11.1. The zero-order valence-corrected chi connectivity index (χ0v) is 37.5. The van der Waals surface area contributed by atoms with E-state index in [1.807, 2.05) is 24.0 Å². The van der Waals surface area contributed by atoms with Gasteiger partial charge in [-0.05, 0) is 144 Å². The molecule has 6 N–H and O–H groups in total. The topological polar surface area (TPSA) is 236 Å². The standard InChI is InChI=1S/C24H27N5O3.C13H11NO4.C11H18N4/c1-15-12-21(25)27-28-23(15)18-10-11-29(16(2)13-18)24(30)17-4-6-19(7-5-17)32-20-8-9-22(31-3)26-14-20;1-17-12-7-6-11(8-14-12)18-10-4-2-9(3-5-10)13(15)16;1-7-5-10(12)14-15-11(7)9-3-4-13-8(2)6-9/h4-9,12,14,16,18H,10-11,13H2,1-3H3,(H2,25,27);2-8H,1H3,(H,15,16);5,8-9,13H,3-4,6H2,1-2H3,(H2,12,14)/t16-,18-;;8-,9-/m0.0/s1. The molecule has 2 aliphatic rings. The van der Waals surface area contributed by atoms with Crippen LogP contribution in [0.2, 0.25) is 0 Å². The van der Waals surface area contributed by atoms with Gasteiger partial charge in [-0.25, -0.2) is 14.8 Å². The normalized spacial score (nSPS) is 17.8. The van der Waals surface area contributed by atoms with Gasteiger partial charge in [-0.15, -0.1) is 10.2 Å². The Labute approximate surface area is 378 Å². The number of nitrogen functional groups attached to an aromatic ring is 2. The molecule has 0 radical (unpaired) electrons. The van der Waals surface area contributed by atoms with Crippen LogP contribution >= 0.6 is 0 Å². The minimum Gasteiger partial charge on any atom is -0.481 e. The van der Waals surface area contributed by atoms with Gasteiger partial charge in [0.15, 0.2) is 0 Å². The average molecular weight is 885 g/mol. The van der Waals surface area contributed by atoms with E-state index in [9.17, 15) is 9.59 Å². The molecule has 2 aromatic carbocycles. The van der Waals surface area contributed by atoms with Crippen LogP contribution < -0.4 is 35.7 Å². The number of aryl methyl sites for hydroxylation is 2. The highest BCUT2D eigenvalue weighted by molar-refractivity contribution is 5.94. The fraction of sp³-hybridized carbons (Fsp3) is 0.333. The van der Waals surface area contributed by atoms with Crippen LogP contribution in [-0.2, 0) is 0 Å². The minimum absolute atomic E-state index is 0.0220. The van der Waals surface area contributed by atoms with Crippen molar-refractivity contribution in [3.8, 4) is 34.8 Å². The van der Waals surface area contributed by atoms with E-state index < -0.39 is 5.97 Å². The van der Waals surface area contributed by atoms with Gasteiger partial charge >= 0.3 is 5.97 Å². The molecule has 17 nitrogen and oxygen atoms in total. The molecule has 0 saturated carbocycles. The Balaban J connectivity index is 0.000000178. The number of carbonyl (C=O) groups excluding carboxylic acids is 1. The number of hydrogen-bond donors (Lipinski definition) is 4. The van der Waals surface area contributed by atoms with Crippen LogP contribution in [0.25, 0.3) is 0 Å². The fourth-order valence-corrected chi connectivity index (χ4v) is 7.80. The second-order valence-electron chi connectivity index (χ2n) is 16.0. The van der Waals surface area contributed by atoms with Gasteiger partial charge in [0, 0.05) is 48.2 Å². The highest BCUT2D eigenvalue weighted by Crippen LogP contribution is 2.34. The van der Waals surface area contributed by atoms with Crippen LogP contribution in [0.3, 0.4) is 0 Å². The molecule has 8 rings (SSSR count). The molecule has 340 valence electrons. The summed E-state index contributed by atoms with van der Waals surface area (Å²) in [5, 5.41) is 28.7. The number of nitrogens with one attached hydrogen (secondary N) is 1. The van der Waals surface area contributed by atoms with E-state index in [2.05, 4.69) is 56.5 Å². The lowest BCUT2D eigenvalue weighted by molar-refractivity contribution is 0.0613. The number of aromatic nitrogens is 6. The van der Waals surface area contributed by atoms with Crippen LogP contribution in [0.4, 0.5) is 11.6 Å². The number of carboxylic acid groups (broad SMARTS) is 1. The summed E-state index contributed by atoms with van der Waals surface area (Å²) >= 11 is 0. The maximum Gasteiger partial charge on any atom is 0.335 e. The number of nitrogens with zero attached hydrogens (tertiary/aromatic N) is 7. The van der Waals surface area contributed by atoms with Crippen molar-refractivity contribution in [1.29, 1.82) is 0 Å². The monoisotopic (exact) mass is 884 g/mol. The lowest BCUT2D eigenvalue weighted by atomic mass is 9.87. The first-order valence-electron chi connectivity index (χ1n) is 21.3. The molecule has 17 heteroatoms. The number of likely N-dealkylation sites (tertiary alicyclic amines) is 1. The summed E-state index contributed by atoms with van der Waals surface area (Å²) in [6.07, 6.45) is 7.10. The lowest BCUT2D eigenvalue weighted by Gasteiger charge is -2.37. The number of amides is 1. The molecule has 1 amide bonds. The van der Waals surface area contributed by atoms with Gasteiger partial charge in [-0.3, -0.25) is 4.79 Å². The summed E-state index contributed by atoms with van der Waals surface area (Å²) in [7, 11) is 3.10. The van der Waals surface area contributed by atoms with Gasteiger partial charge < -0.3 is 45.7 Å². The summed E-state index contributed by atoms with van der Waals surface area (Å²) in [6.45, 7) is 10.1. The Morgan fingerprint density at radius 2 is 1.14 bits per heavy atom. The predicted molar refractivity (Wildman–Crippen MR) is 246 cm³/mol. The molecule has 2 fully saturated rings. The molecule has 0 spiro atoms. The Bertz CT molecular complexity index is 2490. The Kier molecular flexibility index (Phi) is 16.1. The number of anilines is 2. The zero-order valence-electron chi connectivity index (χ0n) is 37.5. The van der Waals surface area contributed by atoms with Gasteiger partial charge in [-0.1, -0.05) is 0 Å². The Hall–Kier alpha value is -7.40. The van der Waals surface area contributed by atoms with E-state index in [1.54, 1.807) is 74.0 Å². The quantitative estimate of drug-likeness (QED) is 0.103. The van der Waals surface area contributed by atoms with E-state index in [-0.39, 0.29) is 23.4 Å². The number of rotatable bonds is 10. The largest absolute Gasteiger partial charge is 0.481 e. The number of hydrogen-bond acceptors (Lipinski definition) is 15. The Morgan fingerprint density at radius 3 is 1.55 bits per heavy atom. The number of aromatic carboxylic acids is 1. The van der Waals surface area contributed by atoms with Crippen LogP contribution in [-0.4, -0.2) is 91.6 Å². The highest BCUT2D eigenvalue weighted by Gasteiger charge is 2.32.